The van der Waals surface area contributed by atoms with E-state index in [0.29, 0.717) is 16.6 Å². The number of nitrogens with one attached hydrogen (secondary N) is 1. The molecule has 2 aromatic carbocycles. The van der Waals surface area contributed by atoms with Crippen LogP contribution in [0.2, 0.25) is 5.02 Å². The Hall–Kier alpha value is -1.54. The van der Waals surface area contributed by atoms with Gasteiger partial charge in [-0.3, -0.25) is 0 Å². The largest absolute Gasteiger partial charge is 0.352 e. The van der Waals surface area contributed by atoms with Gasteiger partial charge in [0.05, 0.1) is 10.7 Å². The van der Waals surface area contributed by atoms with Crippen LogP contribution in [0.3, 0.4) is 0 Å². The maximum Gasteiger partial charge on any atom is 0.148 e. The van der Waals surface area contributed by atoms with Gasteiger partial charge in [0.2, 0.25) is 0 Å². The normalized spacial score (nSPS) is 10.8. The average molecular weight is 278 g/mol. The molecule has 0 saturated heterocycles. The third kappa shape index (κ3) is 3.07. The average Bonchev–Trinajstić information content (AvgIpc) is 2.35. The fourth-order valence-corrected chi connectivity index (χ4v) is 2.24. The summed E-state index contributed by atoms with van der Waals surface area (Å²) in [5, 5.41) is 3.50. The van der Waals surface area contributed by atoms with Gasteiger partial charge in [-0.1, -0.05) is 49.2 Å². The van der Waals surface area contributed by atoms with Crippen LogP contribution in [0.1, 0.15) is 30.9 Å². The number of aryl methyl sites for hydroxylation is 1. The quantitative estimate of drug-likeness (QED) is 0.764. The highest BCUT2D eigenvalue weighted by Gasteiger charge is 2.11. The summed E-state index contributed by atoms with van der Waals surface area (Å²) >= 11 is 6.04. The van der Waals surface area contributed by atoms with Gasteiger partial charge in [-0.15, -0.1) is 0 Å². The third-order valence-electron chi connectivity index (χ3n) is 3.05. The third-order valence-corrected chi connectivity index (χ3v) is 3.37. The number of hydrogen-bond donors (Lipinski definition) is 1. The molecule has 0 fully saturated rings. The van der Waals surface area contributed by atoms with Crippen LogP contribution >= 0.6 is 11.6 Å². The van der Waals surface area contributed by atoms with Crippen molar-refractivity contribution in [2.24, 2.45) is 0 Å². The minimum atomic E-state index is -0.345. The van der Waals surface area contributed by atoms with Crippen molar-refractivity contribution in [3.05, 3.63) is 58.4 Å². The van der Waals surface area contributed by atoms with Crippen molar-refractivity contribution in [2.75, 3.05) is 5.32 Å². The highest BCUT2D eigenvalue weighted by atomic mass is 35.5. The molecule has 0 radical (unpaired) electrons. The van der Waals surface area contributed by atoms with Crippen molar-refractivity contribution in [3.63, 3.8) is 0 Å². The van der Waals surface area contributed by atoms with Gasteiger partial charge in [0.15, 0.2) is 0 Å². The summed E-state index contributed by atoms with van der Waals surface area (Å²) in [6.07, 6.45) is 0. The van der Waals surface area contributed by atoms with Crippen LogP contribution in [0.4, 0.5) is 15.8 Å². The zero-order valence-electron chi connectivity index (χ0n) is 11.3. The zero-order chi connectivity index (χ0) is 14.0. The zero-order valence-corrected chi connectivity index (χ0v) is 12.1. The Balaban J connectivity index is 2.44. The summed E-state index contributed by atoms with van der Waals surface area (Å²) in [6, 6.07) is 10.8. The van der Waals surface area contributed by atoms with Crippen LogP contribution in [-0.4, -0.2) is 0 Å². The van der Waals surface area contributed by atoms with Gasteiger partial charge in [0.25, 0.3) is 0 Å². The van der Waals surface area contributed by atoms with Gasteiger partial charge in [-0.05, 0) is 36.6 Å². The lowest BCUT2D eigenvalue weighted by molar-refractivity contribution is 0.632. The first kappa shape index (κ1) is 13.9. The van der Waals surface area contributed by atoms with Crippen molar-refractivity contribution in [3.8, 4) is 0 Å². The molecule has 1 N–H and O–H groups in total. The van der Waals surface area contributed by atoms with E-state index in [0.717, 1.165) is 11.3 Å². The van der Waals surface area contributed by atoms with Crippen LogP contribution in [0.5, 0.6) is 0 Å². The van der Waals surface area contributed by atoms with Crippen molar-refractivity contribution in [2.45, 2.75) is 26.7 Å². The summed E-state index contributed by atoms with van der Waals surface area (Å²) in [4.78, 5) is 0. The van der Waals surface area contributed by atoms with Crippen LogP contribution in [0.25, 0.3) is 0 Å². The Morgan fingerprint density at radius 1 is 1.16 bits per heavy atom. The van der Waals surface area contributed by atoms with E-state index in [9.17, 15) is 4.39 Å². The molecule has 0 bridgehead atoms. The summed E-state index contributed by atoms with van der Waals surface area (Å²) in [7, 11) is 0. The second kappa shape index (κ2) is 5.62. The SMILES string of the molecule is Cc1ccc(Nc2c(F)cccc2Cl)c(C(C)C)c1. The van der Waals surface area contributed by atoms with Crippen LogP contribution in [-0.2, 0) is 0 Å². The summed E-state index contributed by atoms with van der Waals surface area (Å²) in [5.74, 6) is 0.00994. The predicted octanol–water partition coefficient (Wildman–Crippen LogP) is 5.65. The molecule has 0 amide bonds. The molecule has 1 nitrogen and oxygen atoms in total. The maximum absolute atomic E-state index is 13.8. The predicted molar refractivity (Wildman–Crippen MR) is 80.0 cm³/mol. The summed E-state index contributed by atoms with van der Waals surface area (Å²) < 4.78 is 13.8. The number of rotatable bonds is 3. The summed E-state index contributed by atoms with van der Waals surface area (Å²) in [6.45, 7) is 6.28. The molecule has 100 valence electrons. The van der Waals surface area contributed by atoms with Crippen LogP contribution < -0.4 is 5.32 Å². The number of para-hydroxylation sites is 1. The van der Waals surface area contributed by atoms with Crippen LogP contribution in [0, 0.1) is 12.7 Å². The smallest absolute Gasteiger partial charge is 0.148 e. The molecule has 0 aliphatic carbocycles. The Kier molecular flexibility index (Phi) is 4.11. The maximum atomic E-state index is 13.8. The minimum absolute atomic E-state index is 0.329. The Morgan fingerprint density at radius 3 is 2.53 bits per heavy atom. The molecule has 0 aliphatic rings. The number of halogens is 2. The molecule has 19 heavy (non-hydrogen) atoms. The molecule has 0 spiro atoms. The second-order valence-electron chi connectivity index (χ2n) is 4.97. The number of hydrogen-bond acceptors (Lipinski definition) is 1. The molecule has 2 aromatic rings. The monoisotopic (exact) mass is 277 g/mol. The summed E-state index contributed by atoms with van der Waals surface area (Å²) in [5.41, 5.74) is 3.57. The van der Waals surface area contributed by atoms with E-state index in [-0.39, 0.29) is 5.82 Å². The Morgan fingerprint density at radius 2 is 1.89 bits per heavy atom. The molecule has 0 aliphatic heterocycles. The van der Waals surface area contributed by atoms with Crippen molar-refractivity contribution in [1.29, 1.82) is 0 Å². The highest BCUT2D eigenvalue weighted by molar-refractivity contribution is 6.33. The molecule has 0 saturated carbocycles. The van der Waals surface area contributed by atoms with E-state index in [2.05, 4.69) is 25.2 Å². The van der Waals surface area contributed by atoms with E-state index < -0.39 is 0 Å². The van der Waals surface area contributed by atoms with Gasteiger partial charge >= 0.3 is 0 Å². The Bertz CT molecular complexity index is 573. The first-order valence-corrected chi connectivity index (χ1v) is 6.68. The van der Waals surface area contributed by atoms with E-state index >= 15 is 0 Å². The molecular weight excluding hydrogens is 261 g/mol. The number of anilines is 2. The molecule has 3 heteroatoms. The van der Waals surface area contributed by atoms with E-state index in [4.69, 9.17) is 11.6 Å². The lowest BCUT2D eigenvalue weighted by Gasteiger charge is -2.16. The van der Waals surface area contributed by atoms with Gasteiger partial charge in [0, 0.05) is 5.69 Å². The molecule has 0 unspecified atom stereocenters. The first-order valence-electron chi connectivity index (χ1n) is 6.30. The lowest BCUT2D eigenvalue weighted by atomic mass is 9.99. The van der Waals surface area contributed by atoms with Gasteiger partial charge in [-0.25, -0.2) is 4.39 Å². The van der Waals surface area contributed by atoms with E-state index in [1.54, 1.807) is 12.1 Å². The fourth-order valence-electron chi connectivity index (χ4n) is 2.03. The first-order chi connectivity index (χ1) is 8.99. The van der Waals surface area contributed by atoms with Crippen molar-refractivity contribution < 1.29 is 4.39 Å². The molecule has 0 aromatic heterocycles. The van der Waals surface area contributed by atoms with E-state index in [1.807, 2.05) is 19.1 Å². The lowest BCUT2D eigenvalue weighted by Crippen LogP contribution is -2.00. The van der Waals surface area contributed by atoms with Crippen molar-refractivity contribution in [1.82, 2.24) is 0 Å². The van der Waals surface area contributed by atoms with Gasteiger partial charge in [0.1, 0.15) is 5.82 Å². The van der Waals surface area contributed by atoms with Crippen LogP contribution in [0.15, 0.2) is 36.4 Å². The van der Waals surface area contributed by atoms with Crippen molar-refractivity contribution >= 4 is 23.0 Å². The molecular formula is C16H17ClFN. The molecule has 2 rings (SSSR count). The van der Waals surface area contributed by atoms with E-state index in [1.165, 1.54) is 11.6 Å². The fraction of sp³-hybridized carbons (Fsp3) is 0.250. The second-order valence-corrected chi connectivity index (χ2v) is 5.37. The Labute approximate surface area is 118 Å². The topological polar surface area (TPSA) is 12.0 Å². The number of benzene rings is 2. The molecule has 0 atom stereocenters. The minimum Gasteiger partial charge on any atom is -0.352 e. The van der Waals surface area contributed by atoms with Gasteiger partial charge < -0.3 is 5.32 Å². The molecule has 0 heterocycles. The standard InChI is InChI=1S/C16H17ClFN/c1-10(2)12-9-11(3)7-8-15(12)19-16-13(17)5-4-6-14(16)18/h4-10,19H,1-3H3. The van der Waals surface area contributed by atoms with Gasteiger partial charge in [-0.2, -0.15) is 0 Å². The highest BCUT2D eigenvalue weighted by Crippen LogP contribution is 2.32.